The highest BCUT2D eigenvalue weighted by Gasteiger charge is 2.22. The van der Waals surface area contributed by atoms with E-state index in [-0.39, 0.29) is 5.69 Å². The zero-order chi connectivity index (χ0) is 14.1. The third-order valence-electron chi connectivity index (χ3n) is 3.73. The Labute approximate surface area is 115 Å². The Hall–Kier alpha value is -2.44. The van der Waals surface area contributed by atoms with Crippen molar-refractivity contribution in [3.63, 3.8) is 0 Å². The van der Waals surface area contributed by atoms with Crippen LogP contribution in [0, 0.1) is 10.1 Å². The van der Waals surface area contributed by atoms with Crippen molar-refractivity contribution in [2.24, 2.45) is 0 Å². The van der Waals surface area contributed by atoms with Crippen LogP contribution < -0.4 is 5.73 Å². The lowest BCUT2D eigenvalue weighted by Gasteiger charge is -2.03. The van der Waals surface area contributed by atoms with Gasteiger partial charge in [0.2, 0.25) is 0 Å². The maximum Gasteiger partial charge on any atom is 0.270 e. The normalized spacial score (nSPS) is 15.6. The molecule has 0 unspecified atom stereocenters. The van der Waals surface area contributed by atoms with Crippen LogP contribution in [0.3, 0.4) is 0 Å². The highest BCUT2D eigenvalue weighted by molar-refractivity contribution is 5.73. The van der Waals surface area contributed by atoms with Crippen LogP contribution in [0.4, 0.5) is 11.4 Å². The van der Waals surface area contributed by atoms with Gasteiger partial charge in [-0.15, -0.1) is 0 Å². The third-order valence-corrected chi connectivity index (χ3v) is 3.73. The minimum atomic E-state index is -0.451. The number of nitro groups is 1. The monoisotopic (exact) mass is 273 g/mol. The first-order valence-corrected chi connectivity index (χ1v) is 6.62. The average Bonchev–Trinajstić information content (AvgIpc) is 3.10. The van der Waals surface area contributed by atoms with Gasteiger partial charge in [-0.3, -0.25) is 15.2 Å². The molecule has 3 rings (SSSR count). The van der Waals surface area contributed by atoms with Crippen LogP contribution in [0.5, 0.6) is 0 Å². The minimum Gasteiger partial charge on any atom is -0.398 e. The van der Waals surface area contributed by atoms with Crippen molar-refractivity contribution in [2.45, 2.75) is 31.6 Å². The summed E-state index contributed by atoms with van der Waals surface area (Å²) in [6.07, 6.45) is 4.64. The number of hydrogen-bond donors (Lipinski definition) is 2. The maximum atomic E-state index is 10.8. The Morgan fingerprint density at radius 3 is 2.80 bits per heavy atom. The number of non-ortho nitro benzene ring substituents is 1. The Morgan fingerprint density at radius 2 is 2.10 bits per heavy atom. The van der Waals surface area contributed by atoms with Crippen molar-refractivity contribution >= 4 is 11.4 Å². The Kier molecular flexibility index (Phi) is 3.09. The molecule has 1 fully saturated rings. The first-order valence-electron chi connectivity index (χ1n) is 6.62. The molecule has 1 saturated carbocycles. The topological polar surface area (TPSA) is 111 Å². The van der Waals surface area contributed by atoms with Crippen LogP contribution in [-0.2, 0) is 0 Å². The Bertz CT molecular complexity index is 646. The predicted molar refractivity (Wildman–Crippen MR) is 74.1 cm³/mol. The molecule has 0 bridgehead atoms. The molecule has 0 aliphatic heterocycles. The van der Waals surface area contributed by atoms with Crippen LogP contribution in [0.25, 0.3) is 11.4 Å². The molecule has 1 aliphatic rings. The van der Waals surface area contributed by atoms with Crippen LogP contribution in [0.2, 0.25) is 0 Å². The summed E-state index contributed by atoms with van der Waals surface area (Å²) in [7, 11) is 0. The summed E-state index contributed by atoms with van der Waals surface area (Å²) in [5.74, 6) is 1.69. The zero-order valence-electron chi connectivity index (χ0n) is 10.9. The van der Waals surface area contributed by atoms with Crippen molar-refractivity contribution in [3.05, 3.63) is 34.1 Å². The number of nitrogens with one attached hydrogen (secondary N) is 1. The van der Waals surface area contributed by atoms with Crippen LogP contribution in [-0.4, -0.2) is 20.1 Å². The van der Waals surface area contributed by atoms with E-state index in [1.807, 2.05) is 0 Å². The fraction of sp³-hybridized carbons (Fsp3) is 0.385. The summed E-state index contributed by atoms with van der Waals surface area (Å²) in [6, 6.07) is 4.30. The van der Waals surface area contributed by atoms with Crippen LogP contribution >= 0.6 is 0 Å². The third kappa shape index (κ3) is 2.22. The zero-order valence-corrected chi connectivity index (χ0v) is 10.9. The molecule has 104 valence electrons. The average molecular weight is 273 g/mol. The molecule has 0 saturated heterocycles. The van der Waals surface area contributed by atoms with Gasteiger partial charge in [0.1, 0.15) is 5.82 Å². The molecule has 0 spiro atoms. The molecule has 1 heterocycles. The van der Waals surface area contributed by atoms with Gasteiger partial charge >= 0.3 is 0 Å². The molecular formula is C13H15N5O2. The number of rotatable bonds is 3. The first kappa shape index (κ1) is 12.6. The summed E-state index contributed by atoms with van der Waals surface area (Å²) >= 11 is 0. The molecule has 20 heavy (non-hydrogen) atoms. The molecule has 7 heteroatoms. The van der Waals surface area contributed by atoms with E-state index in [0.717, 1.165) is 18.7 Å². The van der Waals surface area contributed by atoms with Crippen molar-refractivity contribution in [2.75, 3.05) is 5.73 Å². The van der Waals surface area contributed by atoms with Crippen LogP contribution in [0.1, 0.15) is 37.4 Å². The van der Waals surface area contributed by atoms with E-state index in [2.05, 4.69) is 15.2 Å². The van der Waals surface area contributed by atoms with Gasteiger partial charge in [-0.05, 0) is 18.9 Å². The van der Waals surface area contributed by atoms with E-state index >= 15 is 0 Å². The number of H-pyrrole nitrogens is 1. The molecule has 3 N–H and O–H groups in total. The van der Waals surface area contributed by atoms with Crippen LogP contribution in [0.15, 0.2) is 18.2 Å². The second-order valence-corrected chi connectivity index (χ2v) is 5.05. The lowest BCUT2D eigenvalue weighted by atomic mass is 10.1. The van der Waals surface area contributed by atoms with Gasteiger partial charge in [-0.1, -0.05) is 12.8 Å². The SMILES string of the molecule is Nc1ccc([N+](=O)[O-])cc1-c1n[nH]c(C2CCCC2)n1. The smallest absolute Gasteiger partial charge is 0.270 e. The minimum absolute atomic E-state index is 0.0126. The highest BCUT2D eigenvalue weighted by atomic mass is 16.6. The lowest BCUT2D eigenvalue weighted by Crippen LogP contribution is -1.96. The van der Waals surface area contributed by atoms with E-state index in [4.69, 9.17) is 5.73 Å². The second kappa shape index (κ2) is 4.92. The van der Waals surface area contributed by atoms with Gasteiger partial charge in [0, 0.05) is 23.7 Å². The summed E-state index contributed by atoms with van der Waals surface area (Å²) in [5.41, 5.74) is 6.79. The van der Waals surface area contributed by atoms with E-state index in [9.17, 15) is 10.1 Å². The highest BCUT2D eigenvalue weighted by Crippen LogP contribution is 2.34. The molecule has 7 nitrogen and oxygen atoms in total. The quantitative estimate of drug-likeness (QED) is 0.507. The van der Waals surface area contributed by atoms with Gasteiger partial charge in [0.25, 0.3) is 5.69 Å². The number of anilines is 1. The summed E-state index contributed by atoms with van der Waals surface area (Å²) in [5, 5.41) is 17.9. The molecule has 1 aliphatic carbocycles. The standard InChI is InChI=1S/C13H15N5O2/c14-11-6-5-9(18(19)20)7-10(11)13-15-12(16-17-13)8-3-1-2-4-8/h5-8H,1-4,14H2,(H,15,16,17). The second-order valence-electron chi connectivity index (χ2n) is 5.05. The fourth-order valence-corrected chi connectivity index (χ4v) is 2.63. The first-order chi connectivity index (χ1) is 9.65. The summed E-state index contributed by atoms with van der Waals surface area (Å²) in [6.45, 7) is 0. The largest absolute Gasteiger partial charge is 0.398 e. The van der Waals surface area contributed by atoms with E-state index < -0.39 is 4.92 Å². The fourth-order valence-electron chi connectivity index (χ4n) is 2.63. The summed E-state index contributed by atoms with van der Waals surface area (Å²) in [4.78, 5) is 14.8. The molecule has 0 amide bonds. The molecule has 2 aromatic rings. The predicted octanol–water partition coefficient (Wildman–Crippen LogP) is 2.62. The van der Waals surface area contributed by atoms with E-state index in [0.29, 0.717) is 23.0 Å². The number of benzene rings is 1. The maximum absolute atomic E-state index is 10.8. The molecule has 0 radical (unpaired) electrons. The van der Waals surface area contributed by atoms with Crippen molar-refractivity contribution in [1.82, 2.24) is 15.2 Å². The summed E-state index contributed by atoms with van der Waals surface area (Å²) < 4.78 is 0. The molecule has 1 aromatic carbocycles. The number of nitrogens with zero attached hydrogens (tertiary/aromatic N) is 3. The van der Waals surface area contributed by atoms with E-state index in [1.165, 1.54) is 31.0 Å². The number of hydrogen-bond acceptors (Lipinski definition) is 5. The van der Waals surface area contributed by atoms with Crippen molar-refractivity contribution < 1.29 is 4.92 Å². The molecule has 1 aromatic heterocycles. The number of aromatic amines is 1. The number of nitrogen functional groups attached to an aromatic ring is 1. The number of nitrogens with two attached hydrogens (primary N) is 1. The lowest BCUT2D eigenvalue weighted by molar-refractivity contribution is -0.384. The van der Waals surface area contributed by atoms with Crippen molar-refractivity contribution in [1.29, 1.82) is 0 Å². The van der Waals surface area contributed by atoms with Gasteiger partial charge in [-0.25, -0.2) is 4.98 Å². The van der Waals surface area contributed by atoms with Gasteiger partial charge < -0.3 is 5.73 Å². The molecule has 0 atom stereocenters. The Balaban J connectivity index is 1.96. The number of aromatic nitrogens is 3. The molecular weight excluding hydrogens is 258 g/mol. The van der Waals surface area contributed by atoms with Gasteiger partial charge in [0.05, 0.1) is 10.5 Å². The number of nitro benzene ring substituents is 1. The van der Waals surface area contributed by atoms with Gasteiger partial charge in [0.15, 0.2) is 5.82 Å². The van der Waals surface area contributed by atoms with E-state index in [1.54, 1.807) is 0 Å². The van der Waals surface area contributed by atoms with Crippen molar-refractivity contribution in [3.8, 4) is 11.4 Å². The van der Waals surface area contributed by atoms with Gasteiger partial charge in [-0.2, -0.15) is 5.10 Å². The Morgan fingerprint density at radius 1 is 1.35 bits per heavy atom.